The van der Waals surface area contributed by atoms with Crippen LogP contribution in [0.2, 0.25) is 0 Å². The molecule has 1 heterocycles. The van der Waals surface area contributed by atoms with Gasteiger partial charge in [-0.25, -0.2) is 4.98 Å². The maximum atomic E-state index is 12.2. The summed E-state index contributed by atoms with van der Waals surface area (Å²) in [5.74, 6) is 1.15. The van der Waals surface area contributed by atoms with Crippen LogP contribution in [0.5, 0.6) is 0 Å². The van der Waals surface area contributed by atoms with Crippen molar-refractivity contribution in [2.75, 3.05) is 5.32 Å². The summed E-state index contributed by atoms with van der Waals surface area (Å²) in [4.78, 5) is 16.6. The van der Waals surface area contributed by atoms with E-state index in [0.717, 1.165) is 22.6 Å². The van der Waals surface area contributed by atoms with Gasteiger partial charge in [0, 0.05) is 12.1 Å². The zero-order valence-electron chi connectivity index (χ0n) is 14.8. The fourth-order valence-corrected chi connectivity index (χ4v) is 2.68. The van der Waals surface area contributed by atoms with E-state index in [-0.39, 0.29) is 12.3 Å². The Morgan fingerprint density at radius 1 is 1.04 bits per heavy atom. The van der Waals surface area contributed by atoms with Crippen molar-refractivity contribution in [1.82, 2.24) is 15.2 Å². The van der Waals surface area contributed by atoms with E-state index in [1.165, 1.54) is 11.1 Å². The van der Waals surface area contributed by atoms with E-state index in [9.17, 15) is 4.79 Å². The number of anilines is 1. The summed E-state index contributed by atoms with van der Waals surface area (Å²) in [5, 5.41) is 9.99. The number of nitrogens with one attached hydrogen (secondary N) is 2. The number of H-pyrrole nitrogens is 1. The van der Waals surface area contributed by atoms with Crippen LogP contribution in [-0.2, 0) is 17.6 Å². The van der Waals surface area contributed by atoms with Gasteiger partial charge in [0.15, 0.2) is 5.82 Å². The van der Waals surface area contributed by atoms with Crippen molar-refractivity contribution in [2.45, 2.75) is 33.6 Å². The molecule has 0 fully saturated rings. The Bertz CT molecular complexity index is 881. The quantitative estimate of drug-likeness (QED) is 0.750. The number of aryl methyl sites for hydroxylation is 3. The molecule has 0 saturated heterocycles. The molecule has 2 aromatic carbocycles. The van der Waals surface area contributed by atoms with Crippen LogP contribution in [0.3, 0.4) is 0 Å². The summed E-state index contributed by atoms with van der Waals surface area (Å²) in [6.45, 7) is 6.07. The van der Waals surface area contributed by atoms with E-state index in [0.29, 0.717) is 12.2 Å². The van der Waals surface area contributed by atoms with Crippen molar-refractivity contribution in [3.05, 3.63) is 76.4 Å². The van der Waals surface area contributed by atoms with E-state index in [1.54, 1.807) is 0 Å². The van der Waals surface area contributed by atoms with Gasteiger partial charge in [-0.1, -0.05) is 47.5 Å². The van der Waals surface area contributed by atoms with Crippen molar-refractivity contribution >= 4 is 11.6 Å². The Kier molecular flexibility index (Phi) is 4.93. The van der Waals surface area contributed by atoms with Crippen molar-refractivity contribution in [1.29, 1.82) is 0 Å². The van der Waals surface area contributed by atoms with E-state index in [2.05, 4.69) is 51.7 Å². The Morgan fingerprint density at radius 3 is 2.48 bits per heavy atom. The normalized spacial score (nSPS) is 10.7. The minimum atomic E-state index is -0.118. The number of hydrogen-bond donors (Lipinski definition) is 2. The fraction of sp³-hybridized carbons (Fsp3) is 0.250. The summed E-state index contributed by atoms with van der Waals surface area (Å²) in [7, 11) is 0. The smallest absolute Gasteiger partial charge is 0.232 e. The van der Waals surface area contributed by atoms with E-state index >= 15 is 0 Å². The molecule has 0 radical (unpaired) electrons. The van der Waals surface area contributed by atoms with Crippen LogP contribution in [-0.4, -0.2) is 21.1 Å². The number of nitrogens with zero attached hydrogens (tertiary/aromatic N) is 2. The first-order chi connectivity index (χ1) is 12.0. The zero-order chi connectivity index (χ0) is 17.8. The first kappa shape index (κ1) is 16.9. The highest BCUT2D eigenvalue weighted by atomic mass is 16.1. The molecule has 25 heavy (non-hydrogen) atoms. The molecule has 0 aliphatic heterocycles. The molecular formula is C20H22N4O. The summed E-state index contributed by atoms with van der Waals surface area (Å²) < 4.78 is 0. The second-order valence-corrected chi connectivity index (χ2v) is 6.40. The van der Waals surface area contributed by atoms with Gasteiger partial charge in [-0.3, -0.25) is 9.89 Å². The van der Waals surface area contributed by atoms with Gasteiger partial charge in [0.1, 0.15) is 5.82 Å². The lowest BCUT2D eigenvalue weighted by Gasteiger charge is -2.08. The predicted molar refractivity (Wildman–Crippen MR) is 98.6 cm³/mol. The molecule has 0 atom stereocenters. The molecule has 0 unspecified atom stereocenters. The van der Waals surface area contributed by atoms with Crippen LogP contribution >= 0.6 is 0 Å². The third-order valence-electron chi connectivity index (χ3n) is 4.04. The van der Waals surface area contributed by atoms with Crippen molar-refractivity contribution in [2.24, 2.45) is 0 Å². The number of aromatic amines is 1. The van der Waals surface area contributed by atoms with Crippen LogP contribution < -0.4 is 5.32 Å². The highest BCUT2D eigenvalue weighted by Gasteiger charge is 2.11. The average molecular weight is 334 g/mol. The standard InChI is InChI=1S/C20H22N4O/c1-13-4-7-16(8-5-13)11-18-22-19(24-23-18)12-20(25)21-17-9-6-14(2)10-15(17)3/h4-10H,11-12H2,1-3H3,(H,21,25)(H,22,23,24). The predicted octanol–water partition coefficient (Wildman–Crippen LogP) is 3.50. The zero-order valence-corrected chi connectivity index (χ0v) is 14.8. The topological polar surface area (TPSA) is 70.7 Å². The number of hydrogen-bond acceptors (Lipinski definition) is 3. The summed E-state index contributed by atoms with van der Waals surface area (Å²) in [5.41, 5.74) is 5.43. The Labute approximate surface area is 147 Å². The fourth-order valence-electron chi connectivity index (χ4n) is 2.68. The van der Waals surface area contributed by atoms with E-state index < -0.39 is 0 Å². The van der Waals surface area contributed by atoms with E-state index in [4.69, 9.17) is 0 Å². The number of aromatic nitrogens is 3. The van der Waals surface area contributed by atoms with Gasteiger partial charge < -0.3 is 5.32 Å². The highest BCUT2D eigenvalue weighted by Crippen LogP contribution is 2.16. The molecule has 0 saturated carbocycles. The molecule has 0 aliphatic carbocycles. The van der Waals surface area contributed by atoms with Crippen LogP contribution in [0.15, 0.2) is 42.5 Å². The van der Waals surface area contributed by atoms with Crippen LogP contribution in [0.4, 0.5) is 5.69 Å². The third kappa shape index (κ3) is 4.53. The lowest BCUT2D eigenvalue weighted by atomic mass is 10.1. The molecular weight excluding hydrogens is 312 g/mol. The van der Waals surface area contributed by atoms with E-state index in [1.807, 2.05) is 32.0 Å². The molecule has 2 N–H and O–H groups in total. The first-order valence-electron chi connectivity index (χ1n) is 8.32. The molecule has 0 spiro atoms. The molecule has 1 aromatic heterocycles. The summed E-state index contributed by atoms with van der Waals surface area (Å²) in [6, 6.07) is 14.2. The second kappa shape index (κ2) is 7.30. The second-order valence-electron chi connectivity index (χ2n) is 6.40. The molecule has 0 bridgehead atoms. The monoisotopic (exact) mass is 334 g/mol. The van der Waals surface area contributed by atoms with Gasteiger partial charge in [0.25, 0.3) is 0 Å². The van der Waals surface area contributed by atoms with Crippen molar-refractivity contribution in [3.63, 3.8) is 0 Å². The molecule has 0 aliphatic rings. The third-order valence-corrected chi connectivity index (χ3v) is 4.04. The van der Waals surface area contributed by atoms with Crippen LogP contribution in [0, 0.1) is 20.8 Å². The SMILES string of the molecule is Cc1ccc(Cc2nc(CC(=O)Nc3ccc(C)cc3C)n[nH]2)cc1. The minimum Gasteiger partial charge on any atom is -0.325 e. The lowest BCUT2D eigenvalue weighted by Crippen LogP contribution is -2.16. The number of rotatable bonds is 5. The maximum absolute atomic E-state index is 12.2. The largest absolute Gasteiger partial charge is 0.325 e. The number of benzene rings is 2. The summed E-state index contributed by atoms with van der Waals surface area (Å²) >= 11 is 0. The minimum absolute atomic E-state index is 0.118. The molecule has 5 nitrogen and oxygen atoms in total. The number of amides is 1. The van der Waals surface area contributed by atoms with Gasteiger partial charge in [-0.05, 0) is 38.0 Å². The van der Waals surface area contributed by atoms with Gasteiger partial charge in [-0.2, -0.15) is 5.10 Å². The number of carbonyl (C=O) groups excluding carboxylic acids is 1. The van der Waals surface area contributed by atoms with Crippen molar-refractivity contribution < 1.29 is 4.79 Å². The molecule has 128 valence electrons. The Hall–Kier alpha value is -2.95. The highest BCUT2D eigenvalue weighted by molar-refractivity contribution is 5.92. The number of carbonyl (C=O) groups is 1. The van der Waals surface area contributed by atoms with Crippen molar-refractivity contribution in [3.8, 4) is 0 Å². The average Bonchev–Trinajstić information content (AvgIpc) is 2.99. The van der Waals surface area contributed by atoms with Gasteiger partial charge in [0.05, 0.1) is 6.42 Å². The molecule has 1 amide bonds. The Morgan fingerprint density at radius 2 is 1.76 bits per heavy atom. The first-order valence-corrected chi connectivity index (χ1v) is 8.32. The van der Waals surface area contributed by atoms with Gasteiger partial charge in [-0.15, -0.1) is 0 Å². The summed E-state index contributed by atoms with van der Waals surface area (Å²) in [6.07, 6.45) is 0.823. The Balaban J connectivity index is 1.60. The van der Waals surface area contributed by atoms with Gasteiger partial charge in [0.2, 0.25) is 5.91 Å². The van der Waals surface area contributed by atoms with Crippen LogP contribution in [0.25, 0.3) is 0 Å². The molecule has 3 rings (SSSR count). The molecule has 5 heteroatoms. The molecule has 3 aromatic rings. The lowest BCUT2D eigenvalue weighted by molar-refractivity contribution is -0.115. The maximum Gasteiger partial charge on any atom is 0.232 e. The van der Waals surface area contributed by atoms with Gasteiger partial charge >= 0.3 is 0 Å². The van der Waals surface area contributed by atoms with Crippen LogP contribution in [0.1, 0.15) is 33.9 Å².